The smallest absolute Gasteiger partial charge is 0.112 e. The van der Waals surface area contributed by atoms with E-state index in [0.29, 0.717) is 0 Å². The van der Waals surface area contributed by atoms with Crippen LogP contribution in [-0.4, -0.2) is 6.16 Å². The summed E-state index contributed by atoms with van der Waals surface area (Å²) in [6.07, 6.45) is 1.16. The second kappa shape index (κ2) is 8.47. The lowest BCUT2D eigenvalue weighted by Crippen LogP contribution is -3.00. The molecule has 130 valence electrons. The van der Waals surface area contributed by atoms with Gasteiger partial charge in [-0.2, -0.15) is 0 Å². The Balaban J connectivity index is 0.00000225. The van der Waals surface area contributed by atoms with E-state index in [1.54, 1.807) is 0 Å². The van der Waals surface area contributed by atoms with E-state index in [9.17, 15) is 0 Å². The van der Waals surface area contributed by atoms with Crippen LogP contribution in [0.5, 0.6) is 0 Å². The molecule has 3 aromatic carbocycles. The second-order valence-corrected chi connectivity index (χ2v) is 11.0. The van der Waals surface area contributed by atoms with Gasteiger partial charge in [-0.1, -0.05) is 75.4 Å². The van der Waals surface area contributed by atoms with Crippen LogP contribution in [-0.2, 0) is 0 Å². The van der Waals surface area contributed by atoms with Crippen molar-refractivity contribution in [1.82, 2.24) is 0 Å². The van der Waals surface area contributed by atoms with E-state index >= 15 is 0 Å². The maximum absolute atomic E-state index is 2.36. The summed E-state index contributed by atoms with van der Waals surface area (Å²) in [4.78, 5) is 0. The Bertz CT molecular complexity index is 665. The van der Waals surface area contributed by atoms with Crippen LogP contribution in [0.15, 0.2) is 91.0 Å². The van der Waals surface area contributed by atoms with Crippen LogP contribution >= 0.6 is 7.26 Å². The predicted octanol–water partition coefficient (Wildman–Crippen LogP) is 2.03. The lowest BCUT2D eigenvalue weighted by atomic mass is 10.0. The van der Waals surface area contributed by atoms with E-state index in [0.717, 1.165) is 6.16 Å². The van der Waals surface area contributed by atoms with Crippen LogP contribution in [0.25, 0.3) is 0 Å². The molecule has 0 aromatic heterocycles. The molecule has 0 saturated heterocycles. The van der Waals surface area contributed by atoms with E-state index in [1.807, 2.05) is 0 Å². The Labute approximate surface area is 170 Å². The van der Waals surface area contributed by atoms with Crippen LogP contribution < -0.4 is 39.9 Å². The van der Waals surface area contributed by atoms with Crippen LogP contribution in [0.4, 0.5) is 0 Å². The molecule has 3 rings (SSSR count). The number of rotatable bonds is 4. The normalized spacial score (nSPS) is 11.6. The summed E-state index contributed by atoms with van der Waals surface area (Å²) in [5.74, 6) is 0. The minimum atomic E-state index is -1.67. The van der Waals surface area contributed by atoms with Gasteiger partial charge in [0.2, 0.25) is 0 Å². The molecule has 0 N–H and O–H groups in total. The molecule has 0 aliphatic rings. The van der Waals surface area contributed by atoms with Gasteiger partial charge in [0, 0.05) is 0 Å². The highest BCUT2D eigenvalue weighted by Crippen LogP contribution is 2.58. The maximum atomic E-state index is 2.36. The van der Waals surface area contributed by atoms with Crippen molar-refractivity contribution in [2.24, 2.45) is 5.41 Å². The summed E-state index contributed by atoms with van der Waals surface area (Å²) in [7, 11) is -1.67. The summed E-state index contributed by atoms with van der Waals surface area (Å²) in [6.45, 7) is 7.07. The summed E-state index contributed by atoms with van der Waals surface area (Å²) in [6, 6.07) is 33.3. The molecule has 0 heterocycles. The van der Waals surface area contributed by atoms with Crippen molar-refractivity contribution >= 4 is 23.2 Å². The average molecular weight is 460 g/mol. The van der Waals surface area contributed by atoms with Gasteiger partial charge in [-0.15, -0.1) is 0 Å². The van der Waals surface area contributed by atoms with Crippen molar-refractivity contribution in [3.63, 3.8) is 0 Å². The molecular formula is C23H26IP. The lowest BCUT2D eigenvalue weighted by Gasteiger charge is -2.33. The molecule has 3 aromatic rings. The Hall–Kier alpha value is -1.18. The number of hydrogen-bond acceptors (Lipinski definition) is 0. The first-order valence-corrected chi connectivity index (χ1v) is 10.5. The quantitative estimate of drug-likeness (QED) is 0.413. The summed E-state index contributed by atoms with van der Waals surface area (Å²) in [5, 5.41) is 4.41. The van der Waals surface area contributed by atoms with Crippen molar-refractivity contribution in [3.8, 4) is 0 Å². The van der Waals surface area contributed by atoms with E-state index in [1.165, 1.54) is 15.9 Å². The van der Waals surface area contributed by atoms with Gasteiger partial charge >= 0.3 is 0 Å². The molecule has 0 aliphatic heterocycles. The zero-order chi connectivity index (χ0) is 17.0. The molecule has 0 bridgehead atoms. The maximum Gasteiger partial charge on any atom is 0.112 e. The Morgan fingerprint density at radius 3 is 1.08 bits per heavy atom. The Kier molecular flexibility index (Phi) is 6.82. The fraction of sp³-hybridized carbons (Fsp3) is 0.217. The SMILES string of the molecule is CC(C)(C)C[P+](c1ccccc1)(c1ccccc1)c1ccccc1.[I-]. The molecule has 0 radical (unpaired) electrons. The summed E-state index contributed by atoms with van der Waals surface area (Å²) >= 11 is 0. The van der Waals surface area contributed by atoms with Gasteiger partial charge < -0.3 is 24.0 Å². The summed E-state index contributed by atoms with van der Waals surface area (Å²) in [5.41, 5.74) is 0.245. The zero-order valence-electron chi connectivity index (χ0n) is 15.2. The molecule has 0 fully saturated rings. The topological polar surface area (TPSA) is 0 Å². The third kappa shape index (κ3) is 4.51. The van der Waals surface area contributed by atoms with Crippen molar-refractivity contribution in [1.29, 1.82) is 0 Å². The fourth-order valence-corrected chi connectivity index (χ4v) is 8.39. The molecule has 0 amide bonds. The second-order valence-electron chi connectivity index (χ2n) is 7.54. The van der Waals surface area contributed by atoms with Gasteiger partial charge in [-0.3, -0.25) is 0 Å². The van der Waals surface area contributed by atoms with Gasteiger partial charge in [0.15, 0.2) is 0 Å². The average Bonchev–Trinajstić information content (AvgIpc) is 2.61. The first-order chi connectivity index (χ1) is 11.5. The molecule has 0 saturated carbocycles. The fourth-order valence-electron chi connectivity index (χ4n) is 3.48. The van der Waals surface area contributed by atoms with Crippen molar-refractivity contribution in [2.45, 2.75) is 20.8 Å². The van der Waals surface area contributed by atoms with Crippen molar-refractivity contribution in [2.75, 3.05) is 6.16 Å². The van der Waals surface area contributed by atoms with Crippen molar-refractivity contribution < 1.29 is 24.0 Å². The van der Waals surface area contributed by atoms with E-state index in [4.69, 9.17) is 0 Å². The monoisotopic (exact) mass is 460 g/mol. The van der Waals surface area contributed by atoms with Crippen LogP contribution in [0.2, 0.25) is 0 Å². The zero-order valence-corrected chi connectivity index (χ0v) is 18.2. The standard InChI is InChI=1S/C23H26P.HI/c1-23(2,3)19-24(20-13-7-4-8-14-20,21-15-9-5-10-16-21)22-17-11-6-12-18-22;/h4-18H,19H2,1-3H3;1H/q+1;/p-1. The largest absolute Gasteiger partial charge is 1.00 e. The molecule has 0 nitrogen and oxygen atoms in total. The Morgan fingerprint density at radius 1 is 0.560 bits per heavy atom. The predicted molar refractivity (Wildman–Crippen MR) is 109 cm³/mol. The number of halogens is 1. The minimum absolute atomic E-state index is 0. The van der Waals surface area contributed by atoms with Crippen LogP contribution in [0.1, 0.15) is 20.8 Å². The molecule has 2 heteroatoms. The van der Waals surface area contributed by atoms with E-state index in [2.05, 4.69) is 112 Å². The van der Waals surface area contributed by atoms with Crippen LogP contribution in [0, 0.1) is 5.41 Å². The molecule has 0 atom stereocenters. The molecule has 25 heavy (non-hydrogen) atoms. The van der Waals surface area contributed by atoms with E-state index in [-0.39, 0.29) is 29.4 Å². The third-order valence-electron chi connectivity index (χ3n) is 4.30. The van der Waals surface area contributed by atoms with Gasteiger partial charge in [-0.25, -0.2) is 0 Å². The van der Waals surface area contributed by atoms with Gasteiger partial charge in [-0.05, 0) is 41.8 Å². The molecule has 0 unspecified atom stereocenters. The molecular weight excluding hydrogens is 434 g/mol. The van der Waals surface area contributed by atoms with E-state index < -0.39 is 7.26 Å². The molecule has 0 spiro atoms. The van der Waals surface area contributed by atoms with Gasteiger partial charge in [0.1, 0.15) is 23.2 Å². The highest BCUT2D eigenvalue weighted by molar-refractivity contribution is 7.95. The first kappa shape index (κ1) is 20.1. The van der Waals surface area contributed by atoms with Crippen molar-refractivity contribution in [3.05, 3.63) is 91.0 Å². The number of hydrogen-bond donors (Lipinski definition) is 0. The minimum Gasteiger partial charge on any atom is -1.00 e. The molecule has 0 aliphatic carbocycles. The Morgan fingerprint density at radius 2 is 0.840 bits per heavy atom. The third-order valence-corrected chi connectivity index (χ3v) is 9.26. The highest BCUT2D eigenvalue weighted by Gasteiger charge is 2.47. The van der Waals surface area contributed by atoms with Gasteiger partial charge in [0.05, 0.1) is 6.16 Å². The van der Waals surface area contributed by atoms with Gasteiger partial charge in [0.25, 0.3) is 0 Å². The summed E-state index contributed by atoms with van der Waals surface area (Å²) < 4.78 is 0. The number of benzene rings is 3. The van der Waals surface area contributed by atoms with Crippen LogP contribution in [0.3, 0.4) is 0 Å². The highest BCUT2D eigenvalue weighted by atomic mass is 127. The lowest BCUT2D eigenvalue weighted by molar-refractivity contribution is -0.00000544. The first-order valence-electron chi connectivity index (χ1n) is 8.57.